The minimum Gasteiger partial charge on any atom is -0.497 e. The van der Waals surface area contributed by atoms with E-state index in [2.05, 4.69) is 28.9 Å². The predicted molar refractivity (Wildman–Crippen MR) is 98.8 cm³/mol. The van der Waals surface area contributed by atoms with E-state index in [0.717, 1.165) is 28.5 Å². The zero-order valence-corrected chi connectivity index (χ0v) is 15.2. The third kappa shape index (κ3) is 2.68. The van der Waals surface area contributed by atoms with Crippen LogP contribution in [0.5, 0.6) is 5.75 Å². The molecule has 0 N–H and O–H groups in total. The molecule has 3 nitrogen and oxygen atoms in total. The van der Waals surface area contributed by atoms with Gasteiger partial charge in [-0.1, -0.05) is 13.3 Å². The fraction of sp³-hybridized carbons (Fsp3) is 0.550. The molecule has 2 aromatic rings. The maximum atomic E-state index is 7.03. The van der Waals surface area contributed by atoms with Gasteiger partial charge >= 0.3 is 0 Å². The van der Waals surface area contributed by atoms with Crippen molar-refractivity contribution in [3.8, 4) is 5.75 Å². The van der Waals surface area contributed by atoms with E-state index in [-0.39, 0.29) is 5.38 Å². The summed E-state index contributed by atoms with van der Waals surface area (Å²) in [5.41, 5.74) is 2.17. The van der Waals surface area contributed by atoms with Crippen molar-refractivity contribution in [1.29, 1.82) is 0 Å². The van der Waals surface area contributed by atoms with Gasteiger partial charge in [0.1, 0.15) is 5.75 Å². The highest BCUT2D eigenvalue weighted by Gasteiger charge is 2.42. The van der Waals surface area contributed by atoms with Crippen molar-refractivity contribution >= 4 is 22.5 Å². The van der Waals surface area contributed by atoms with Gasteiger partial charge in [-0.05, 0) is 61.1 Å². The Kier molecular flexibility index (Phi) is 4.40. The zero-order chi connectivity index (χ0) is 16.7. The highest BCUT2D eigenvalue weighted by molar-refractivity contribution is 6.22. The minimum atomic E-state index is 0.00297. The maximum Gasteiger partial charge on any atom is 0.119 e. The van der Waals surface area contributed by atoms with Gasteiger partial charge in [-0.2, -0.15) is 0 Å². The van der Waals surface area contributed by atoms with E-state index in [0.29, 0.717) is 6.04 Å². The van der Waals surface area contributed by atoms with Gasteiger partial charge in [0.05, 0.1) is 18.0 Å². The second kappa shape index (κ2) is 6.53. The van der Waals surface area contributed by atoms with Gasteiger partial charge in [0, 0.05) is 24.2 Å². The van der Waals surface area contributed by atoms with Gasteiger partial charge in [-0.25, -0.2) is 0 Å². The highest BCUT2D eigenvalue weighted by atomic mass is 35.5. The topological polar surface area (TPSA) is 25.4 Å². The highest BCUT2D eigenvalue weighted by Crippen LogP contribution is 2.45. The number of methoxy groups -OCH3 is 1. The normalized spacial score (nSPS) is 30.5. The van der Waals surface area contributed by atoms with E-state index in [4.69, 9.17) is 16.3 Å². The minimum absolute atomic E-state index is 0.00297. The molecule has 0 radical (unpaired) electrons. The number of rotatable bonds is 4. The molecule has 3 saturated heterocycles. The second-order valence-electron chi connectivity index (χ2n) is 7.20. The Morgan fingerprint density at radius 1 is 1.38 bits per heavy atom. The SMILES string of the molecule is CC[C@H]1CN2CC[C@H]1C[C@H]2[C@@H](Cl)c1ccnc2ccc(OC)cc12. The smallest absolute Gasteiger partial charge is 0.119 e. The summed E-state index contributed by atoms with van der Waals surface area (Å²) in [5.74, 6) is 2.55. The molecule has 0 amide bonds. The van der Waals surface area contributed by atoms with Crippen LogP contribution < -0.4 is 4.74 Å². The Morgan fingerprint density at radius 3 is 2.96 bits per heavy atom. The van der Waals surface area contributed by atoms with Crippen molar-refractivity contribution in [2.75, 3.05) is 20.2 Å². The molecule has 1 unspecified atom stereocenters. The quantitative estimate of drug-likeness (QED) is 0.755. The molecule has 1 aromatic carbocycles. The molecular formula is C20H25ClN2O. The van der Waals surface area contributed by atoms with E-state index in [9.17, 15) is 0 Å². The number of nitrogens with zero attached hydrogens (tertiary/aromatic N) is 2. The number of halogens is 1. The summed E-state index contributed by atoms with van der Waals surface area (Å²) in [6, 6.07) is 8.56. The van der Waals surface area contributed by atoms with Crippen molar-refractivity contribution in [3.63, 3.8) is 0 Å². The van der Waals surface area contributed by atoms with Gasteiger partial charge < -0.3 is 4.74 Å². The van der Waals surface area contributed by atoms with Crippen molar-refractivity contribution in [3.05, 3.63) is 36.0 Å². The summed E-state index contributed by atoms with van der Waals surface area (Å²) in [7, 11) is 1.70. The molecule has 5 rings (SSSR count). The molecule has 5 atom stereocenters. The second-order valence-corrected chi connectivity index (χ2v) is 7.67. The van der Waals surface area contributed by atoms with Crippen LogP contribution in [0.3, 0.4) is 0 Å². The fourth-order valence-corrected chi connectivity index (χ4v) is 5.12. The molecule has 3 fully saturated rings. The number of hydrogen-bond acceptors (Lipinski definition) is 3. The molecule has 24 heavy (non-hydrogen) atoms. The Morgan fingerprint density at radius 2 is 2.25 bits per heavy atom. The summed E-state index contributed by atoms with van der Waals surface area (Å²) >= 11 is 7.03. The fourth-order valence-electron chi connectivity index (χ4n) is 4.67. The zero-order valence-electron chi connectivity index (χ0n) is 14.4. The largest absolute Gasteiger partial charge is 0.497 e. The van der Waals surface area contributed by atoms with Crippen molar-refractivity contribution in [1.82, 2.24) is 9.88 Å². The average molecular weight is 345 g/mol. The van der Waals surface area contributed by atoms with Crippen molar-refractivity contribution < 1.29 is 4.74 Å². The number of alkyl halides is 1. The van der Waals surface area contributed by atoms with Gasteiger partial charge in [0.25, 0.3) is 0 Å². The van der Waals surface area contributed by atoms with Crippen LogP contribution in [0, 0.1) is 11.8 Å². The number of pyridine rings is 1. The molecule has 0 aliphatic carbocycles. The van der Waals surface area contributed by atoms with Crippen LogP contribution in [-0.2, 0) is 0 Å². The molecule has 3 aliphatic heterocycles. The van der Waals surface area contributed by atoms with Crippen LogP contribution in [0.4, 0.5) is 0 Å². The first kappa shape index (κ1) is 16.2. The van der Waals surface area contributed by atoms with Crippen LogP contribution in [0.15, 0.2) is 30.5 Å². The molecule has 0 spiro atoms. The first-order valence-corrected chi connectivity index (χ1v) is 9.45. The number of aromatic nitrogens is 1. The van der Waals surface area contributed by atoms with E-state index in [1.54, 1.807) is 7.11 Å². The van der Waals surface area contributed by atoms with Gasteiger partial charge in [0.2, 0.25) is 0 Å². The summed E-state index contributed by atoms with van der Waals surface area (Å²) in [6.45, 7) is 4.73. The number of hydrogen-bond donors (Lipinski definition) is 0. The Hall–Kier alpha value is -1.32. The van der Waals surface area contributed by atoms with Crippen LogP contribution in [0.2, 0.25) is 0 Å². The summed E-state index contributed by atoms with van der Waals surface area (Å²) in [4.78, 5) is 7.11. The lowest BCUT2D eigenvalue weighted by molar-refractivity contribution is -0.00173. The molecule has 1 aromatic heterocycles. The first-order valence-electron chi connectivity index (χ1n) is 9.02. The summed E-state index contributed by atoms with van der Waals surface area (Å²) in [5, 5.41) is 1.12. The maximum absolute atomic E-state index is 7.03. The number of ether oxygens (including phenoxy) is 1. The van der Waals surface area contributed by atoms with E-state index in [1.165, 1.54) is 37.9 Å². The van der Waals surface area contributed by atoms with Crippen LogP contribution >= 0.6 is 11.6 Å². The lowest BCUT2D eigenvalue weighted by atomic mass is 9.73. The Bertz CT molecular complexity index is 735. The summed E-state index contributed by atoms with van der Waals surface area (Å²) in [6.07, 6.45) is 5.73. The van der Waals surface area contributed by atoms with Crippen LogP contribution in [0.1, 0.15) is 37.1 Å². The van der Waals surface area contributed by atoms with Gasteiger partial charge in [-0.15, -0.1) is 11.6 Å². The standard InChI is InChI=1S/C20H25ClN2O/c1-3-13-12-23-9-7-14(13)10-19(23)20(21)16-6-8-22-18-5-4-15(24-2)11-17(16)18/h4-6,8,11,13-14,19-20H,3,7,9-10,12H2,1-2H3/t13-,14-,19-,20-/m0/s1. The molecule has 2 bridgehead atoms. The van der Waals surface area contributed by atoms with E-state index >= 15 is 0 Å². The van der Waals surface area contributed by atoms with Crippen molar-refractivity contribution in [2.45, 2.75) is 37.6 Å². The predicted octanol–water partition coefficient (Wildman–Crippen LogP) is 4.64. The molecule has 4 heteroatoms. The van der Waals surface area contributed by atoms with Gasteiger partial charge in [0.15, 0.2) is 0 Å². The van der Waals surface area contributed by atoms with E-state index < -0.39 is 0 Å². The van der Waals surface area contributed by atoms with E-state index in [1.807, 2.05) is 18.3 Å². The number of fused-ring (bicyclic) bond motifs is 4. The lowest BCUT2D eigenvalue weighted by Gasteiger charge is -2.51. The Labute approximate surface area is 149 Å². The van der Waals surface area contributed by atoms with Crippen LogP contribution in [0.25, 0.3) is 10.9 Å². The number of piperidine rings is 3. The van der Waals surface area contributed by atoms with Gasteiger partial charge in [-0.3, -0.25) is 9.88 Å². The third-order valence-corrected chi connectivity index (χ3v) is 6.60. The van der Waals surface area contributed by atoms with Crippen LogP contribution in [-0.4, -0.2) is 36.1 Å². The van der Waals surface area contributed by atoms with Crippen molar-refractivity contribution in [2.24, 2.45) is 11.8 Å². The molecule has 0 saturated carbocycles. The third-order valence-electron chi connectivity index (χ3n) is 6.08. The molecule has 3 aliphatic rings. The molecule has 4 heterocycles. The number of benzene rings is 1. The lowest BCUT2D eigenvalue weighted by Crippen LogP contribution is -2.54. The molecular weight excluding hydrogens is 320 g/mol. The summed E-state index contributed by atoms with van der Waals surface area (Å²) < 4.78 is 5.40. The first-order chi connectivity index (χ1) is 11.7. The Balaban J connectivity index is 1.68. The molecule has 128 valence electrons. The monoisotopic (exact) mass is 344 g/mol. The average Bonchev–Trinajstić information content (AvgIpc) is 2.66.